The lowest BCUT2D eigenvalue weighted by Crippen LogP contribution is -2.36. The van der Waals surface area contributed by atoms with E-state index < -0.39 is 10.8 Å². The van der Waals surface area contributed by atoms with Gasteiger partial charge >= 0.3 is 0 Å². The van der Waals surface area contributed by atoms with Gasteiger partial charge in [-0.15, -0.1) is 0 Å². The van der Waals surface area contributed by atoms with E-state index in [-0.39, 0.29) is 18.1 Å². The molecule has 180 valence electrons. The number of hydrogen-bond acceptors (Lipinski definition) is 8. The van der Waals surface area contributed by atoms with Crippen molar-refractivity contribution in [3.63, 3.8) is 0 Å². The van der Waals surface area contributed by atoms with Crippen molar-refractivity contribution < 1.29 is 19.2 Å². The Morgan fingerprint density at radius 3 is 2.63 bits per heavy atom. The van der Waals surface area contributed by atoms with Crippen molar-refractivity contribution in [2.24, 2.45) is 5.73 Å². The van der Waals surface area contributed by atoms with Crippen LogP contribution < -0.4 is 15.2 Å². The van der Waals surface area contributed by atoms with E-state index in [0.717, 1.165) is 33.2 Å². The predicted octanol–water partition coefficient (Wildman–Crippen LogP) is 4.52. The fourth-order valence-corrected chi connectivity index (χ4v) is 5.29. The maximum Gasteiger partial charge on any atom is 0.269 e. The van der Waals surface area contributed by atoms with E-state index in [1.165, 1.54) is 19.2 Å². The average Bonchev–Trinajstić information content (AvgIpc) is 2.85. The van der Waals surface area contributed by atoms with Gasteiger partial charge in [0.2, 0.25) is 0 Å². The van der Waals surface area contributed by atoms with Gasteiger partial charge in [0, 0.05) is 36.9 Å². The fraction of sp³-hybridized carbons (Fsp3) is 0.280. The Balaban J connectivity index is 1.71. The number of non-ortho nitro benzene ring substituents is 1. The minimum atomic E-state index is -0.579. The summed E-state index contributed by atoms with van der Waals surface area (Å²) >= 11 is 2.13. The fourth-order valence-electron chi connectivity index (χ4n) is 4.51. The number of nitro groups is 1. The third-order valence-electron chi connectivity index (χ3n) is 6.28. The molecule has 0 unspecified atom stereocenters. The van der Waals surface area contributed by atoms with Gasteiger partial charge in [0.15, 0.2) is 17.3 Å². The highest BCUT2D eigenvalue weighted by Gasteiger charge is 2.39. The summed E-state index contributed by atoms with van der Waals surface area (Å²) in [6.07, 6.45) is 1.91. The van der Waals surface area contributed by atoms with Crippen LogP contribution in [0.3, 0.4) is 0 Å². The molecule has 2 aromatic rings. The third kappa shape index (κ3) is 4.55. The van der Waals surface area contributed by atoms with Gasteiger partial charge in [-0.1, -0.05) is 0 Å². The number of carbonyl (C=O) groups excluding carboxylic acids is 1. The molecule has 1 aliphatic carbocycles. The quantitative estimate of drug-likeness (QED) is 0.297. The van der Waals surface area contributed by atoms with Crippen molar-refractivity contribution in [3.8, 4) is 17.6 Å². The summed E-state index contributed by atoms with van der Waals surface area (Å²) in [4.78, 5) is 25.2. The van der Waals surface area contributed by atoms with E-state index in [1.54, 1.807) is 30.1 Å². The van der Waals surface area contributed by atoms with Crippen LogP contribution in [-0.2, 0) is 11.4 Å². The minimum Gasteiger partial charge on any atom is -0.493 e. The highest BCUT2D eigenvalue weighted by molar-refractivity contribution is 14.1. The number of benzene rings is 2. The van der Waals surface area contributed by atoms with Crippen molar-refractivity contribution >= 4 is 34.1 Å². The van der Waals surface area contributed by atoms with E-state index in [0.29, 0.717) is 34.9 Å². The van der Waals surface area contributed by atoms with E-state index in [1.807, 2.05) is 6.07 Å². The molecule has 2 aromatic carbocycles. The molecule has 0 saturated carbocycles. The molecule has 0 aromatic heterocycles. The van der Waals surface area contributed by atoms with E-state index >= 15 is 0 Å². The number of Topliss-reactive ketones (excluding diaryl/α,β-unsaturated/α-hetero) is 1. The number of hydrogen-bond donors (Lipinski definition) is 1. The molecule has 0 radical (unpaired) electrons. The Hall–Kier alpha value is -3.59. The average molecular weight is 586 g/mol. The molecule has 2 N–H and O–H groups in total. The van der Waals surface area contributed by atoms with Crippen LogP contribution in [0.4, 0.5) is 5.69 Å². The first kappa shape index (κ1) is 24.5. The van der Waals surface area contributed by atoms with Crippen LogP contribution in [-0.4, -0.2) is 29.8 Å². The molecular formula is C25H23IN4O5. The van der Waals surface area contributed by atoms with Crippen LogP contribution in [0, 0.1) is 25.0 Å². The van der Waals surface area contributed by atoms with Crippen LogP contribution in [0.1, 0.15) is 36.3 Å². The van der Waals surface area contributed by atoms with Gasteiger partial charge in [0.1, 0.15) is 12.4 Å². The van der Waals surface area contributed by atoms with Crippen molar-refractivity contribution in [2.75, 3.05) is 14.2 Å². The minimum absolute atomic E-state index is 0.00921. The van der Waals surface area contributed by atoms with Crippen LogP contribution in [0.25, 0.3) is 0 Å². The van der Waals surface area contributed by atoms with Gasteiger partial charge in [-0.05, 0) is 70.8 Å². The number of nitro benzene ring substituents is 1. The second kappa shape index (κ2) is 9.95. The van der Waals surface area contributed by atoms with Gasteiger partial charge in [-0.2, -0.15) is 5.26 Å². The lowest BCUT2D eigenvalue weighted by atomic mass is 9.76. The summed E-state index contributed by atoms with van der Waals surface area (Å²) in [5, 5.41) is 20.8. The number of nitriles is 1. The number of rotatable bonds is 6. The van der Waals surface area contributed by atoms with Gasteiger partial charge in [-0.3, -0.25) is 14.9 Å². The normalized spacial score (nSPS) is 17.7. The zero-order valence-electron chi connectivity index (χ0n) is 19.2. The van der Waals surface area contributed by atoms with Crippen molar-refractivity contribution in [2.45, 2.75) is 31.8 Å². The Labute approximate surface area is 216 Å². The molecule has 0 fully saturated rings. The van der Waals surface area contributed by atoms with Crippen molar-refractivity contribution in [3.05, 3.63) is 83.9 Å². The Bertz CT molecular complexity index is 1310. The Morgan fingerprint density at radius 2 is 2.00 bits per heavy atom. The second-order valence-corrected chi connectivity index (χ2v) is 9.45. The summed E-state index contributed by atoms with van der Waals surface area (Å²) in [6, 6.07) is 12.0. The van der Waals surface area contributed by atoms with E-state index in [4.69, 9.17) is 15.2 Å². The molecule has 10 heteroatoms. The first-order valence-electron chi connectivity index (χ1n) is 10.9. The van der Waals surface area contributed by atoms with Gasteiger partial charge in [0.05, 0.1) is 33.2 Å². The second-order valence-electron chi connectivity index (χ2n) is 8.29. The summed E-state index contributed by atoms with van der Waals surface area (Å²) in [7, 11) is 3.31. The molecule has 1 heterocycles. The third-order valence-corrected chi connectivity index (χ3v) is 7.09. The smallest absolute Gasteiger partial charge is 0.269 e. The highest BCUT2D eigenvalue weighted by Crippen LogP contribution is 2.46. The molecule has 9 nitrogen and oxygen atoms in total. The molecule has 4 rings (SSSR count). The lowest BCUT2D eigenvalue weighted by Gasteiger charge is -2.37. The number of nitrogens with zero attached hydrogens (tertiary/aromatic N) is 3. The summed E-state index contributed by atoms with van der Waals surface area (Å²) in [5.74, 6) is 0.746. The summed E-state index contributed by atoms with van der Waals surface area (Å²) in [6.45, 7) is 0.183. The van der Waals surface area contributed by atoms with Gasteiger partial charge in [-0.25, -0.2) is 0 Å². The van der Waals surface area contributed by atoms with Gasteiger partial charge in [0.25, 0.3) is 5.69 Å². The molecule has 0 saturated heterocycles. The van der Waals surface area contributed by atoms with E-state index in [2.05, 4.69) is 28.7 Å². The molecule has 2 aliphatic rings. The van der Waals surface area contributed by atoms with Gasteiger partial charge < -0.3 is 20.1 Å². The SMILES string of the molecule is COc1cc([C@H]2C(C#N)=C(N)N(C)C3=C2C(=O)CCC3)cc(I)c1OCc1ccc([N+](=O)[O-])cc1. The molecule has 1 aliphatic heterocycles. The maximum absolute atomic E-state index is 13.0. The van der Waals surface area contributed by atoms with Crippen molar-refractivity contribution in [1.82, 2.24) is 4.90 Å². The number of carbonyl (C=O) groups is 1. The number of allylic oxidation sites excluding steroid dienone is 3. The first-order valence-corrected chi connectivity index (χ1v) is 12.0. The molecule has 0 amide bonds. The molecule has 0 spiro atoms. The molecular weight excluding hydrogens is 563 g/mol. The van der Waals surface area contributed by atoms with Crippen molar-refractivity contribution in [1.29, 1.82) is 5.26 Å². The Kier molecular flexibility index (Phi) is 6.98. The molecule has 0 bridgehead atoms. The van der Waals surface area contributed by atoms with Crippen LogP contribution in [0.5, 0.6) is 11.5 Å². The standard InChI is InChI=1S/C25H23IN4O5/c1-29-19-4-3-5-20(31)23(19)22(17(12-27)25(29)28)15-10-18(26)24(21(11-15)34-2)35-13-14-6-8-16(9-7-14)30(32)33/h6-11,22H,3-5,13,28H2,1-2H3/t22-/m0/s1. The van der Waals surface area contributed by atoms with Crippen LogP contribution in [0.2, 0.25) is 0 Å². The first-order chi connectivity index (χ1) is 16.8. The number of ether oxygens (including phenoxy) is 2. The zero-order valence-corrected chi connectivity index (χ0v) is 21.4. The number of ketones is 1. The molecule has 1 atom stereocenters. The Morgan fingerprint density at radius 1 is 1.29 bits per heavy atom. The van der Waals surface area contributed by atoms with E-state index in [9.17, 15) is 20.2 Å². The lowest BCUT2D eigenvalue weighted by molar-refractivity contribution is -0.384. The number of nitrogens with two attached hydrogens (primary N) is 1. The molecule has 35 heavy (non-hydrogen) atoms. The topological polar surface area (TPSA) is 132 Å². The largest absolute Gasteiger partial charge is 0.493 e. The van der Waals surface area contributed by atoms with Crippen LogP contribution >= 0.6 is 22.6 Å². The summed E-state index contributed by atoms with van der Waals surface area (Å²) in [5.41, 5.74) is 9.63. The predicted molar refractivity (Wildman–Crippen MR) is 136 cm³/mol. The number of halogens is 1. The highest BCUT2D eigenvalue weighted by atomic mass is 127. The maximum atomic E-state index is 13.0. The monoisotopic (exact) mass is 586 g/mol. The number of methoxy groups -OCH3 is 1. The zero-order chi connectivity index (χ0) is 25.3. The van der Waals surface area contributed by atoms with Crippen LogP contribution in [0.15, 0.2) is 59.1 Å². The summed E-state index contributed by atoms with van der Waals surface area (Å²) < 4.78 is 12.4.